The number of hydrogen-bond acceptors (Lipinski definition) is 4. The van der Waals surface area contributed by atoms with Crippen LogP contribution in [-0.4, -0.2) is 41.6 Å². The van der Waals surface area contributed by atoms with Gasteiger partial charge in [0.2, 0.25) is 0 Å². The third kappa shape index (κ3) is 3.73. The number of nitrogens with one attached hydrogen (secondary N) is 2. The summed E-state index contributed by atoms with van der Waals surface area (Å²) in [7, 11) is 0. The topological polar surface area (TPSA) is 62.2 Å². The van der Waals surface area contributed by atoms with Crippen molar-refractivity contribution in [1.29, 1.82) is 0 Å². The smallest absolute Gasteiger partial charge is 0.273 e. The van der Waals surface area contributed by atoms with Crippen LogP contribution in [-0.2, 0) is 6.54 Å². The number of piperazine rings is 1. The van der Waals surface area contributed by atoms with Crippen molar-refractivity contribution in [3.05, 3.63) is 40.8 Å². The number of halogens is 1. The fourth-order valence-electron chi connectivity index (χ4n) is 2.68. The van der Waals surface area contributed by atoms with Crippen molar-refractivity contribution in [2.24, 2.45) is 0 Å². The van der Waals surface area contributed by atoms with Crippen LogP contribution in [0, 0.1) is 0 Å². The molecule has 1 amide bonds. The Morgan fingerprint density at radius 3 is 2.83 bits per heavy atom. The first-order valence-corrected chi connectivity index (χ1v) is 8.55. The Morgan fingerprint density at radius 2 is 2.17 bits per heavy atom. The standard InChI is InChI=1S/C16H20BrN5O/c1-2-21-11-12(17)9-14(21)16(23)20-15-4-3-13(10-19-15)22-7-5-18-6-8-22/h3-4,9-11,18H,2,5-8H2,1H3,(H,19,20,23). The van der Waals surface area contributed by atoms with Crippen LogP contribution in [0.5, 0.6) is 0 Å². The lowest BCUT2D eigenvalue weighted by atomic mass is 10.3. The Balaban J connectivity index is 1.69. The van der Waals surface area contributed by atoms with Crippen LogP contribution in [0.2, 0.25) is 0 Å². The number of rotatable bonds is 4. The van der Waals surface area contributed by atoms with Crippen LogP contribution >= 0.6 is 15.9 Å². The molecule has 2 aromatic heterocycles. The number of amides is 1. The normalized spacial score (nSPS) is 14.8. The number of nitrogens with zero attached hydrogens (tertiary/aromatic N) is 3. The lowest BCUT2D eigenvalue weighted by molar-refractivity contribution is 0.101. The number of carbonyl (C=O) groups is 1. The third-order valence-electron chi connectivity index (χ3n) is 3.91. The van der Waals surface area contributed by atoms with E-state index in [0.717, 1.165) is 42.9 Å². The second kappa shape index (κ2) is 7.14. The van der Waals surface area contributed by atoms with E-state index in [9.17, 15) is 4.79 Å². The van der Waals surface area contributed by atoms with Gasteiger partial charge in [-0.25, -0.2) is 4.98 Å². The Bertz CT molecular complexity index is 676. The van der Waals surface area contributed by atoms with Crippen LogP contribution in [0.15, 0.2) is 35.1 Å². The molecule has 0 spiro atoms. The molecule has 122 valence electrons. The predicted octanol–water partition coefficient (Wildman–Crippen LogP) is 2.33. The maximum Gasteiger partial charge on any atom is 0.273 e. The molecule has 1 fully saturated rings. The monoisotopic (exact) mass is 377 g/mol. The van der Waals surface area contributed by atoms with Gasteiger partial charge in [0.15, 0.2) is 0 Å². The fraction of sp³-hybridized carbons (Fsp3) is 0.375. The minimum Gasteiger partial charge on any atom is -0.368 e. The van der Waals surface area contributed by atoms with Crippen molar-refractivity contribution >= 4 is 33.3 Å². The molecule has 0 radical (unpaired) electrons. The van der Waals surface area contributed by atoms with Crippen molar-refractivity contribution < 1.29 is 4.79 Å². The first kappa shape index (κ1) is 16.0. The molecule has 23 heavy (non-hydrogen) atoms. The number of aryl methyl sites for hydroxylation is 1. The highest BCUT2D eigenvalue weighted by molar-refractivity contribution is 9.10. The minimum atomic E-state index is -0.153. The van der Waals surface area contributed by atoms with Gasteiger partial charge in [0.05, 0.1) is 11.9 Å². The average molecular weight is 378 g/mol. The molecule has 3 rings (SSSR count). The Morgan fingerprint density at radius 1 is 1.39 bits per heavy atom. The number of aromatic nitrogens is 2. The summed E-state index contributed by atoms with van der Waals surface area (Å²) in [5.41, 5.74) is 1.71. The minimum absolute atomic E-state index is 0.153. The van der Waals surface area contributed by atoms with Crippen LogP contribution in [0.3, 0.4) is 0 Å². The van der Waals surface area contributed by atoms with Crippen molar-refractivity contribution in [2.45, 2.75) is 13.5 Å². The summed E-state index contributed by atoms with van der Waals surface area (Å²) < 4.78 is 2.79. The predicted molar refractivity (Wildman–Crippen MR) is 95.1 cm³/mol. The van der Waals surface area contributed by atoms with E-state index in [0.29, 0.717) is 11.5 Å². The molecule has 7 heteroatoms. The first-order chi connectivity index (χ1) is 11.2. The molecule has 1 aliphatic rings. The van der Waals surface area contributed by atoms with E-state index in [1.165, 1.54) is 0 Å². The lowest BCUT2D eigenvalue weighted by Crippen LogP contribution is -2.43. The summed E-state index contributed by atoms with van der Waals surface area (Å²) in [6.45, 7) is 6.67. The molecule has 3 heterocycles. The van der Waals surface area contributed by atoms with Gasteiger partial charge in [-0.1, -0.05) is 0 Å². The molecule has 1 aliphatic heterocycles. The van der Waals surface area contributed by atoms with E-state index in [2.05, 4.69) is 36.4 Å². The molecule has 6 nitrogen and oxygen atoms in total. The largest absolute Gasteiger partial charge is 0.368 e. The second-order valence-corrected chi connectivity index (χ2v) is 6.34. The zero-order chi connectivity index (χ0) is 16.2. The van der Waals surface area contributed by atoms with Crippen LogP contribution in [0.4, 0.5) is 11.5 Å². The van der Waals surface area contributed by atoms with Gasteiger partial charge in [-0.05, 0) is 41.1 Å². The Labute approximate surface area is 144 Å². The maximum absolute atomic E-state index is 12.4. The first-order valence-electron chi connectivity index (χ1n) is 7.76. The molecule has 0 bridgehead atoms. The molecule has 0 aliphatic carbocycles. The SMILES string of the molecule is CCn1cc(Br)cc1C(=O)Nc1ccc(N2CCNCC2)cn1. The molecule has 0 saturated carbocycles. The lowest BCUT2D eigenvalue weighted by Gasteiger charge is -2.29. The van der Waals surface area contributed by atoms with E-state index in [-0.39, 0.29) is 5.91 Å². The number of anilines is 2. The van der Waals surface area contributed by atoms with E-state index >= 15 is 0 Å². The number of hydrogen-bond donors (Lipinski definition) is 2. The highest BCUT2D eigenvalue weighted by Gasteiger charge is 2.14. The maximum atomic E-state index is 12.4. The van der Waals surface area contributed by atoms with E-state index in [1.54, 1.807) is 0 Å². The summed E-state index contributed by atoms with van der Waals surface area (Å²) in [4.78, 5) is 19.0. The van der Waals surface area contributed by atoms with Gasteiger partial charge in [0.25, 0.3) is 5.91 Å². The summed E-state index contributed by atoms with van der Waals surface area (Å²) in [5, 5.41) is 6.18. The van der Waals surface area contributed by atoms with Crippen LogP contribution in [0.25, 0.3) is 0 Å². The van der Waals surface area contributed by atoms with Gasteiger partial charge in [-0.15, -0.1) is 0 Å². The highest BCUT2D eigenvalue weighted by Crippen LogP contribution is 2.18. The molecule has 0 aromatic carbocycles. The van der Waals surface area contributed by atoms with Gasteiger partial charge < -0.3 is 20.1 Å². The number of pyridine rings is 1. The van der Waals surface area contributed by atoms with Crippen molar-refractivity contribution in [2.75, 3.05) is 36.4 Å². The zero-order valence-electron chi connectivity index (χ0n) is 13.1. The summed E-state index contributed by atoms with van der Waals surface area (Å²) in [6, 6.07) is 5.67. The summed E-state index contributed by atoms with van der Waals surface area (Å²) in [6.07, 6.45) is 3.71. The molecule has 1 saturated heterocycles. The Hall–Kier alpha value is -1.86. The average Bonchev–Trinajstić information content (AvgIpc) is 2.97. The van der Waals surface area contributed by atoms with Gasteiger partial charge >= 0.3 is 0 Å². The molecule has 0 unspecified atom stereocenters. The van der Waals surface area contributed by atoms with Gasteiger partial charge in [0.1, 0.15) is 11.5 Å². The van der Waals surface area contributed by atoms with Crippen LogP contribution in [0.1, 0.15) is 17.4 Å². The fourth-order valence-corrected chi connectivity index (χ4v) is 3.14. The van der Waals surface area contributed by atoms with Gasteiger partial charge in [-0.2, -0.15) is 0 Å². The molecular formula is C16H20BrN5O. The van der Waals surface area contributed by atoms with Crippen molar-refractivity contribution in [1.82, 2.24) is 14.9 Å². The summed E-state index contributed by atoms with van der Waals surface area (Å²) >= 11 is 3.40. The molecular weight excluding hydrogens is 358 g/mol. The number of carbonyl (C=O) groups excluding carboxylic acids is 1. The van der Waals surface area contributed by atoms with Crippen LogP contribution < -0.4 is 15.5 Å². The van der Waals surface area contributed by atoms with E-state index < -0.39 is 0 Å². The highest BCUT2D eigenvalue weighted by atomic mass is 79.9. The van der Waals surface area contributed by atoms with Crippen molar-refractivity contribution in [3.8, 4) is 0 Å². The van der Waals surface area contributed by atoms with E-state index in [1.807, 2.05) is 42.1 Å². The molecule has 2 N–H and O–H groups in total. The molecule has 2 aromatic rings. The quantitative estimate of drug-likeness (QED) is 0.858. The van der Waals surface area contributed by atoms with Gasteiger partial charge in [-0.3, -0.25) is 4.79 Å². The Kier molecular flexibility index (Phi) is 4.97. The van der Waals surface area contributed by atoms with E-state index in [4.69, 9.17) is 0 Å². The van der Waals surface area contributed by atoms with Gasteiger partial charge in [0, 0.05) is 43.4 Å². The van der Waals surface area contributed by atoms with Crippen molar-refractivity contribution in [3.63, 3.8) is 0 Å². The summed E-state index contributed by atoms with van der Waals surface area (Å²) in [5.74, 6) is 0.411. The zero-order valence-corrected chi connectivity index (χ0v) is 14.6. The third-order valence-corrected chi connectivity index (χ3v) is 4.34. The molecule has 0 atom stereocenters. The second-order valence-electron chi connectivity index (χ2n) is 5.42.